The zero-order chi connectivity index (χ0) is 27.1. The Hall–Kier alpha value is -4.10. The Kier molecular flexibility index (Phi) is 8.81. The van der Waals surface area contributed by atoms with Gasteiger partial charge in [-0.1, -0.05) is 44.2 Å². The second-order valence-electron chi connectivity index (χ2n) is 9.09. The zero-order valence-corrected chi connectivity index (χ0v) is 22.1. The van der Waals surface area contributed by atoms with Gasteiger partial charge in [-0.05, 0) is 80.1 Å². The van der Waals surface area contributed by atoms with E-state index >= 15 is 0 Å². The summed E-state index contributed by atoms with van der Waals surface area (Å²) in [6.45, 7) is 7.21. The highest BCUT2D eigenvalue weighted by atomic mass is 16.5. The number of nitrogens with zero attached hydrogens (tertiary/aromatic N) is 2. The number of rotatable bonds is 11. The molecule has 198 valence electrons. The van der Waals surface area contributed by atoms with Gasteiger partial charge in [-0.2, -0.15) is 0 Å². The normalized spacial score (nSPS) is 16.7. The minimum atomic E-state index is -0.742. The monoisotopic (exact) mass is 514 g/mol. The van der Waals surface area contributed by atoms with Crippen molar-refractivity contribution in [2.24, 2.45) is 0 Å². The van der Waals surface area contributed by atoms with E-state index in [2.05, 4.69) is 18.7 Å². The fourth-order valence-corrected chi connectivity index (χ4v) is 4.74. The summed E-state index contributed by atoms with van der Waals surface area (Å²) in [6, 6.07) is 22.8. The smallest absolute Gasteiger partial charge is 0.295 e. The van der Waals surface area contributed by atoms with E-state index in [9.17, 15) is 14.7 Å². The average molecular weight is 515 g/mol. The molecule has 4 rings (SSSR count). The van der Waals surface area contributed by atoms with Gasteiger partial charge in [0.1, 0.15) is 23.0 Å². The van der Waals surface area contributed by atoms with Gasteiger partial charge in [-0.15, -0.1) is 0 Å². The maximum Gasteiger partial charge on any atom is 0.295 e. The number of benzene rings is 3. The van der Waals surface area contributed by atoms with Crippen LogP contribution in [0.4, 0.5) is 0 Å². The summed E-state index contributed by atoms with van der Waals surface area (Å²) in [5.74, 6) is 0.361. The Morgan fingerprint density at radius 3 is 2.24 bits per heavy atom. The van der Waals surface area contributed by atoms with E-state index in [1.165, 1.54) is 0 Å². The van der Waals surface area contributed by atoms with Crippen molar-refractivity contribution in [3.05, 3.63) is 95.6 Å². The van der Waals surface area contributed by atoms with Crippen LogP contribution in [-0.4, -0.2) is 59.9 Å². The van der Waals surface area contributed by atoms with Crippen molar-refractivity contribution in [1.82, 2.24) is 9.80 Å². The molecule has 0 saturated carbocycles. The van der Waals surface area contributed by atoms with Crippen molar-refractivity contribution >= 4 is 17.4 Å². The van der Waals surface area contributed by atoms with Crippen LogP contribution < -0.4 is 9.47 Å². The number of para-hydroxylation sites is 1. The predicted molar refractivity (Wildman–Crippen MR) is 147 cm³/mol. The van der Waals surface area contributed by atoms with E-state index in [1.807, 2.05) is 54.6 Å². The van der Waals surface area contributed by atoms with Crippen LogP contribution in [0, 0.1) is 0 Å². The molecule has 1 unspecified atom stereocenters. The molecule has 7 heteroatoms. The quantitative estimate of drug-likeness (QED) is 0.203. The topological polar surface area (TPSA) is 79.3 Å². The molecule has 1 saturated heterocycles. The van der Waals surface area contributed by atoms with E-state index < -0.39 is 17.7 Å². The first kappa shape index (κ1) is 26.9. The second-order valence-corrected chi connectivity index (χ2v) is 9.09. The number of ketones is 1. The molecule has 1 fully saturated rings. The molecule has 0 radical (unpaired) electrons. The zero-order valence-electron chi connectivity index (χ0n) is 22.1. The summed E-state index contributed by atoms with van der Waals surface area (Å²) in [7, 11) is 1.56. The average Bonchev–Trinajstić information content (AvgIpc) is 3.21. The number of aliphatic hydroxyl groups excluding tert-OH is 1. The van der Waals surface area contributed by atoms with E-state index in [1.54, 1.807) is 36.3 Å². The molecule has 0 aromatic heterocycles. The molecule has 0 spiro atoms. The summed E-state index contributed by atoms with van der Waals surface area (Å²) in [4.78, 5) is 30.5. The van der Waals surface area contributed by atoms with Gasteiger partial charge in [0.2, 0.25) is 0 Å². The molecule has 3 aromatic carbocycles. The summed E-state index contributed by atoms with van der Waals surface area (Å²) in [5, 5.41) is 11.3. The van der Waals surface area contributed by atoms with Crippen molar-refractivity contribution in [1.29, 1.82) is 0 Å². The molecule has 0 aliphatic carbocycles. The van der Waals surface area contributed by atoms with Gasteiger partial charge in [0, 0.05) is 12.1 Å². The molecule has 1 heterocycles. The minimum absolute atomic E-state index is 0.0693. The van der Waals surface area contributed by atoms with Crippen LogP contribution in [0.25, 0.3) is 5.76 Å². The lowest BCUT2D eigenvalue weighted by Gasteiger charge is -2.27. The van der Waals surface area contributed by atoms with E-state index in [0.29, 0.717) is 41.3 Å². The third-order valence-electron chi connectivity index (χ3n) is 6.82. The Bertz CT molecular complexity index is 1280. The van der Waals surface area contributed by atoms with Crippen molar-refractivity contribution in [3.8, 4) is 17.2 Å². The lowest BCUT2D eigenvalue weighted by molar-refractivity contribution is -0.140. The number of hydrogen-bond donors (Lipinski definition) is 1. The maximum absolute atomic E-state index is 13.3. The first-order valence-corrected chi connectivity index (χ1v) is 12.9. The molecule has 0 bridgehead atoms. The van der Waals surface area contributed by atoms with Gasteiger partial charge in [-0.3, -0.25) is 9.59 Å². The van der Waals surface area contributed by atoms with Crippen LogP contribution in [0.3, 0.4) is 0 Å². The molecular weight excluding hydrogens is 480 g/mol. The van der Waals surface area contributed by atoms with Crippen molar-refractivity contribution in [3.63, 3.8) is 0 Å². The fraction of sp³-hybridized carbons (Fsp3) is 0.290. The van der Waals surface area contributed by atoms with E-state index in [0.717, 1.165) is 19.6 Å². The van der Waals surface area contributed by atoms with Gasteiger partial charge in [0.15, 0.2) is 0 Å². The predicted octanol–water partition coefficient (Wildman–Crippen LogP) is 5.64. The van der Waals surface area contributed by atoms with E-state index in [-0.39, 0.29) is 11.3 Å². The van der Waals surface area contributed by atoms with Crippen LogP contribution >= 0.6 is 0 Å². The number of amides is 1. The highest BCUT2D eigenvalue weighted by Gasteiger charge is 2.46. The Labute approximate surface area is 223 Å². The molecule has 1 aliphatic rings. The largest absolute Gasteiger partial charge is 0.507 e. The number of carbonyl (C=O) groups is 2. The molecule has 7 nitrogen and oxygen atoms in total. The first-order valence-electron chi connectivity index (χ1n) is 12.9. The molecule has 1 aliphatic heterocycles. The lowest BCUT2D eigenvalue weighted by Crippen LogP contribution is -2.33. The van der Waals surface area contributed by atoms with Crippen molar-refractivity contribution in [2.45, 2.75) is 26.3 Å². The number of carbonyl (C=O) groups excluding carboxylic acids is 2. The van der Waals surface area contributed by atoms with Crippen LogP contribution in [-0.2, 0) is 9.59 Å². The van der Waals surface area contributed by atoms with Gasteiger partial charge in [0.05, 0.1) is 18.7 Å². The molecule has 3 aromatic rings. The number of likely N-dealkylation sites (tertiary alicyclic amines) is 1. The highest BCUT2D eigenvalue weighted by molar-refractivity contribution is 6.46. The first-order chi connectivity index (χ1) is 18.5. The lowest BCUT2D eigenvalue weighted by atomic mass is 9.95. The van der Waals surface area contributed by atoms with Gasteiger partial charge in [0.25, 0.3) is 11.7 Å². The van der Waals surface area contributed by atoms with Gasteiger partial charge in [-0.25, -0.2) is 0 Å². The summed E-state index contributed by atoms with van der Waals surface area (Å²) < 4.78 is 11.2. The summed E-state index contributed by atoms with van der Waals surface area (Å²) >= 11 is 0. The van der Waals surface area contributed by atoms with Crippen molar-refractivity contribution < 1.29 is 24.2 Å². The van der Waals surface area contributed by atoms with Crippen LogP contribution in [0.5, 0.6) is 17.2 Å². The van der Waals surface area contributed by atoms with Gasteiger partial charge < -0.3 is 24.4 Å². The number of hydrogen-bond acceptors (Lipinski definition) is 6. The maximum atomic E-state index is 13.3. The summed E-state index contributed by atoms with van der Waals surface area (Å²) in [5.41, 5.74) is 1.20. The third kappa shape index (κ3) is 5.89. The molecular formula is C31H34N2O5. The van der Waals surface area contributed by atoms with Crippen molar-refractivity contribution in [2.75, 3.05) is 33.3 Å². The molecule has 1 atom stereocenters. The SMILES string of the molecule is CCN(CC)CCCN1C(=O)C(=O)/C(=C(/O)c2ccc(OC)cc2)C1c1cccc(Oc2ccccc2)c1. The molecule has 1 N–H and O–H groups in total. The Morgan fingerprint density at radius 1 is 0.895 bits per heavy atom. The standard InChI is InChI=1S/C31H34N2O5/c1-4-32(5-2)19-10-20-33-28(23-11-9-14-26(21-23)38-25-12-7-6-8-13-25)27(30(35)31(33)36)29(34)22-15-17-24(37-3)18-16-22/h6-9,11-18,21,28,34H,4-5,10,19-20H2,1-3H3/b29-27+. The Balaban J connectivity index is 1.73. The van der Waals surface area contributed by atoms with Crippen LogP contribution in [0.1, 0.15) is 37.4 Å². The summed E-state index contributed by atoms with van der Waals surface area (Å²) in [6.07, 6.45) is 0.702. The number of ether oxygens (including phenoxy) is 2. The second kappa shape index (κ2) is 12.4. The van der Waals surface area contributed by atoms with Crippen LogP contribution in [0.15, 0.2) is 84.4 Å². The molecule has 38 heavy (non-hydrogen) atoms. The number of Topliss-reactive ketones (excluding diaryl/α,β-unsaturated/α-hetero) is 1. The fourth-order valence-electron chi connectivity index (χ4n) is 4.74. The third-order valence-corrected chi connectivity index (χ3v) is 6.82. The van der Waals surface area contributed by atoms with Gasteiger partial charge >= 0.3 is 0 Å². The molecule has 1 amide bonds. The number of aliphatic hydroxyl groups is 1. The Morgan fingerprint density at radius 2 is 1.58 bits per heavy atom. The minimum Gasteiger partial charge on any atom is -0.507 e. The van der Waals surface area contributed by atoms with E-state index in [4.69, 9.17) is 9.47 Å². The van der Waals surface area contributed by atoms with Crippen LogP contribution in [0.2, 0.25) is 0 Å². The highest BCUT2D eigenvalue weighted by Crippen LogP contribution is 2.40. The number of methoxy groups -OCH3 is 1.